The van der Waals surface area contributed by atoms with E-state index in [2.05, 4.69) is 11.8 Å². The van der Waals surface area contributed by atoms with Gasteiger partial charge in [-0.05, 0) is 68.8 Å². The van der Waals surface area contributed by atoms with E-state index in [9.17, 15) is 0 Å². The Bertz CT molecular complexity index is 973. The summed E-state index contributed by atoms with van der Waals surface area (Å²) in [5.74, 6) is 0. The minimum absolute atomic E-state index is 0.578. The SMILES string of the molecule is Cc1c(CN2CCCCC2)nn(-c2ccc(Cl)cc2Cl)c1-c1ccc(Cl)cc1. The van der Waals surface area contributed by atoms with Crippen LogP contribution in [-0.4, -0.2) is 27.8 Å². The second-order valence-corrected chi connectivity index (χ2v) is 8.55. The van der Waals surface area contributed by atoms with Gasteiger partial charge in [-0.1, -0.05) is 53.4 Å². The summed E-state index contributed by atoms with van der Waals surface area (Å²) in [5.41, 5.74) is 5.17. The van der Waals surface area contributed by atoms with Crippen LogP contribution in [0.25, 0.3) is 16.9 Å². The Morgan fingerprint density at radius 2 is 1.57 bits per heavy atom. The van der Waals surface area contributed by atoms with Crippen LogP contribution in [0.1, 0.15) is 30.5 Å². The zero-order valence-corrected chi connectivity index (χ0v) is 18.0. The van der Waals surface area contributed by atoms with E-state index >= 15 is 0 Å². The van der Waals surface area contributed by atoms with Crippen molar-refractivity contribution in [3.8, 4) is 16.9 Å². The lowest BCUT2D eigenvalue weighted by Crippen LogP contribution is -2.29. The first kappa shape index (κ1) is 19.8. The highest BCUT2D eigenvalue weighted by Crippen LogP contribution is 2.33. The van der Waals surface area contributed by atoms with Crippen LogP contribution < -0.4 is 0 Å². The van der Waals surface area contributed by atoms with E-state index in [0.29, 0.717) is 15.1 Å². The molecule has 0 N–H and O–H groups in total. The maximum Gasteiger partial charge on any atom is 0.0840 e. The van der Waals surface area contributed by atoms with Crippen molar-refractivity contribution in [2.75, 3.05) is 13.1 Å². The largest absolute Gasteiger partial charge is 0.297 e. The number of aromatic nitrogens is 2. The van der Waals surface area contributed by atoms with Crippen LogP contribution in [0.2, 0.25) is 15.1 Å². The minimum Gasteiger partial charge on any atom is -0.297 e. The lowest BCUT2D eigenvalue weighted by Gasteiger charge is -2.25. The third kappa shape index (κ3) is 4.08. The van der Waals surface area contributed by atoms with Gasteiger partial charge in [0.15, 0.2) is 0 Å². The fourth-order valence-corrected chi connectivity index (χ4v) is 4.41. The van der Waals surface area contributed by atoms with Gasteiger partial charge in [0.2, 0.25) is 0 Å². The third-order valence-corrected chi connectivity index (χ3v) is 6.09. The van der Waals surface area contributed by atoms with Gasteiger partial charge in [-0.3, -0.25) is 4.90 Å². The second kappa shape index (κ2) is 8.46. The monoisotopic (exact) mass is 433 g/mol. The Morgan fingerprint density at radius 1 is 0.893 bits per heavy atom. The van der Waals surface area contributed by atoms with Crippen molar-refractivity contribution >= 4 is 34.8 Å². The molecule has 1 aliphatic rings. The molecule has 0 saturated carbocycles. The summed E-state index contributed by atoms with van der Waals surface area (Å²) in [6, 6.07) is 13.4. The smallest absolute Gasteiger partial charge is 0.0840 e. The summed E-state index contributed by atoms with van der Waals surface area (Å²) in [6.07, 6.45) is 3.83. The Labute approximate surface area is 180 Å². The van der Waals surface area contributed by atoms with Crippen molar-refractivity contribution in [2.45, 2.75) is 32.7 Å². The van der Waals surface area contributed by atoms with Crippen molar-refractivity contribution in [3.05, 3.63) is 68.8 Å². The number of rotatable bonds is 4. The van der Waals surface area contributed by atoms with Crippen molar-refractivity contribution < 1.29 is 0 Å². The molecule has 0 atom stereocenters. The average molecular weight is 435 g/mol. The maximum atomic E-state index is 6.53. The van der Waals surface area contributed by atoms with Gasteiger partial charge < -0.3 is 0 Å². The number of benzene rings is 2. The molecule has 0 amide bonds. The van der Waals surface area contributed by atoms with Crippen LogP contribution in [0, 0.1) is 6.92 Å². The first-order valence-electron chi connectivity index (χ1n) is 9.55. The third-order valence-electron chi connectivity index (χ3n) is 5.30. The molecule has 1 aliphatic heterocycles. The summed E-state index contributed by atoms with van der Waals surface area (Å²) in [6.45, 7) is 5.25. The molecular formula is C22H22Cl3N3. The van der Waals surface area contributed by atoms with Crippen LogP contribution in [0.4, 0.5) is 0 Å². The molecule has 3 aromatic rings. The van der Waals surface area contributed by atoms with Crippen molar-refractivity contribution in [2.24, 2.45) is 0 Å². The fourth-order valence-electron chi connectivity index (χ4n) is 3.79. The minimum atomic E-state index is 0.578. The van der Waals surface area contributed by atoms with Crippen LogP contribution >= 0.6 is 34.8 Å². The molecule has 0 spiro atoms. The van der Waals surface area contributed by atoms with E-state index in [-0.39, 0.29) is 0 Å². The Morgan fingerprint density at radius 3 is 2.25 bits per heavy atom. The van der Waals surface area contributed by atoms with Crippen molar-refractivity contribution in [3.63, 3.8) is 0 Å². The van der Waals surface area contributed by atoms with Gasteiger partial charge in [0, 0.05) is 22.2 Å². The number of hydrogen-bond donors (Lipinski definition) is 0. The predicted octanol–water partition coefficient (Wildman–Crippen LogP) is 6.79. The molecule has 0 radical (unpaired) electrons. The van der Waals surface area contributed by atoms with Gasteiger partial charge in [0.25, 0.3) is 0 Å². The van der Waals surface area contributed by atoms with E-state index in [1.54, 1.807) is 6.07 Å². The zero-order chi connectivity index (χ0) is 19.7. The molecule has 146 valence electrons. The Kier molecular flexibility index (Phi) is 5.98. The van der Waals surface area contributed by atoms with E-state index < -0.39 is 0 Å². The highest BCUT2D eigenvalue weighted by molar-refractivity contribution is 6.35. The van der Waals surface area contributed by atoms with Crippen LogP contribution in [0.3, 0.4) is 0 Å². The first-order valence-corrected chi connectivity index (χ1v) is 10.7. The summed E-state index contributed by atoms with van der Waals surface area (Å²) in [5, 5.41) is 6.88. The van der Waals surface area contributed by atoms with E-state index in [4.69, 9.17) is 39.9 Å². The molecule has 6 heteroatoms. The molecular weight excluding hydrogens is 413 g/mol. The number of halogens is 3. The molecule has 2 aromatic carbocycles. The molecule has 2 heterocycles. The summed E-state index contributed by atoms with van der Waals surface area (Å²) in [4.78, 5) is 2.48. The van der Waals surface area contributed by atoms with Gasteiger partial charge in [-0.2, -0.15) is 5.10 Å². The number of likely N-dealkylation sites (tertiary alicyclic amines) is 1. The lowest BCUT2D eigenvalue weighted by molar-refractivity contribution is 0.218. The average Bonchev–Trinajstić information content (AvgIpc) is 2.99. The van der Waals surface area contributed by atoms with E-state index in [1.807, 2.05) is 41.1 Å². The standard InChI is InChI=1S/C22H22Cl3N3/c1-15-20(14-27-11-3-2-4-12-27)26-28(21-10-9-18(24)13-19(21)25)22(15)16-5-7-17(23)8-6-16/h5-10,13H,2-4,11-12,14H2,1H3. The van der Waals surface area contributed by atoms with Gasteiger partial charge in [0.1, 0.15) is 0 Å². The molecule has 1 aromatic heterocycles. The molecule has 0 bridgehead atoms. The number of piperidine rings is 1. The lowest BCUT2D eigenvalue weighted by atomic mass is 10.1. The first-order chi connectivity index (χ1) is 13.5. The normalized spacial score (nSPS) is 15.1. The molecule has 0 unspecified atom stereocenters. The summed E-state index contributed by atoms with van der Waals surface area (Å²) in [7, 11) is 0. The molecule has 1 fully saturated rings. The molecule has 28 heavy (non-hydrogen) atoms. The molecule has 3 nitrogen and oxygen atoms in total. The zero-order valence-electron chi connectivity index (χ0n) is 15.8. The summed E-state index contributed by atoms with van der Waals surface area (Å²) < 4.78 is 1.94. The van der Waals surface area contributed by atoms with Crippen molar-refractivity contribution in [1.82, 2.24) is 14.7 Å². The second-order valence-electron chi connectivity index (χ2n) is 7.27. The van der Waals surface area contributed by atoms with Gasteiger partial charge in [-0.25, -0.2) is 4.68 Å². The van der Waals surface area contributed by atoms with Crippen LogP contribution in [-0.2, 0) is 6.54 Å². The number of hydrogen-bond acceptors (Lipinski definition) is 2. The Balaban J connectivity index is 1.82. The molecule has 4 rings (SSSR count). The fraction of sp³-hybridized carbons (Fsp3) is 0.318. The Hall–Kier alpha value is -1.52. The topological polar surface area (TPSA) is 21.1 Å². The highest BCUT2D eigenvalue weighted by atomic mass is 35.5. The van der Waals surface area contributed by atoms with Gasteiger partial charge in [-0.15, -0.1) is 0 Å². The number of nitrogens with zero attached hydrogens (tertiary/aromatic N) is 3. The molecule has 1 saturated heterocycles. The van der Waals surface area contributed by atoms with E-state index in [1.165, 1.54) is 24.8 Å². The van der Waals surface area contributed by atoms with Gasteiger partial charge >= 0.3 is 0 Å². The van der Waals surface area contributed by atoms with Crippen LogP contribution in [0.5, 0.6) is 0 Å². The quantitative estimate of drug-likeness (QED) is 0.450. The van der Waals surface area contributed by atoms with Crippen molar-refractivity contribution in [1.29, 1.82) is 0 Å². The molecule has 0 aliphatic carbocycles. The summed E-state index contributed by atoms with van der Waals surface area (Å²) >= 11 is 18.7. The van der Waals surface area contributed by atoms with E-state index in [0.717, 1.165) is 42.3 Å². The maximum absolute atomic E-state index is 6.53. The highest BCUT2D eigenvalue weighted by Gasteiger charge is 2.21. The van der Waals surface area contributed by atoms with Gasteiger partial charge in [0.05, 0.1) is 22.1 Å². The van der Waals surface area contributed by atoms with Crippen LogP contribution in [0.15, 0.2) is 42.5 Å². The predicted molar refractivity (Wildman–Crippen MR) is 118 cm³/mol.